The largest absolute Gasteiger partial charge is 0.478 e. The molecular weight excluding hydrogens is 260 g/mol. The van der Waals surface area contributed by atoms with E-state index in [-0.39, 0.29) is 22.1 Å². The number of halogens is 1. The number of esters is 1. The highest BCUT2D eigenvalue weighted by Gasteiger charge is 2.23. The number of carbonyl (C=O) groups is 2. The molecule has 1 heterocycles. The predicted molar refractivity (Wildman–Crippen MR) is 65.8 cm³/mol. The fraction of sp³-hybridized carbons (Fsp3) is 0.364. The van der Waals surface area contributed by atoms with Crippen LogP contribution in [0.4, 0.5) is 5.82 Å². The van der Waals surface area contributed by atoms with Crippen LogP contribution in [0.15, 0.2) is 6.07 Å². The van der Waals surface area contributed by atoms with Crippen LogP contribution < -0.4 is 5.73 Å². The molecule has 0 spiro atoms. The van der Waals surface area contributed by atoms with Crippen LogP contribution in [0.5, 0.6) is 0 Å². The quantitative estimate of drug-likeness (QED) is 0.630. The van der Waals surface area contributed by atoms with Crippen LogP contribution in [0.3, 0.4) is 0 Å². The zero-order valence-electron chi connectivity index (χ0n) is 10.2. The number of ether oxygens (including phenoxy) is 1. The maximum atomic E-state index is 11.8. The summed E-state index contributed by atoms with van der Waals surface area (Å²) in [6, 6.07) is 1.06. The average Bonchev–Trinajstić information content (AvgIpc) is 2.13. The number of pyridine rings is 1. The molecule has 0 fully saturated rings. The molecule has 0 unspecified atom stereocenters. The van der Waals surface area contributed by atoms with E-state index in [0.717, 1.165) is 6.07 Å². The molecule has 0 bridgehead atoms. The van der Waals surface area contributed by atoms with E-state index in [9.17, 15) is 9.59 Å². The molecule has 0 amide bonds. The molecule has 0 aliphatic rings. The second-order valence-electron chi connectivity index (χ2n) is 4.57. The molecule has 0 atom stereocenters. The molecule has 18 heavy (non-hydrogen) atoms. The molecule has 0 aliphatic carbocycles. The van der Waals surface area contributed by atoms with Crippen LogP contribution in [0.1, 0.15) is 41.5 Å². The van der Waals surface area contributed by atoms with E-state index in [4.69, 9.17) is 27.2 Å². The molecule has 0 aromatic carbocycles. The Bertz CT molecular complexity index is 509. The summed E-state index contributed by atoms with van der Waals surface area (Å²) in [6.45, 7) is 5.05. The Balaban J connectivity index is 3.21. The first-order valence-corrected chi connectivity index (χ1v) is 5.42. The summed E-state index contributed by atoms with van der Waals surface area (Å²) < 4.78 is 5.08. The minimum atomic E-state index is -1.29. The lowest BCUT2D eigenvalue weighted by Gasteiger charge is -2.20. The first kappa shape index (κ1) is 14.2. The van der Waals surface area contributed by atoms with Gasteiger partial charge >= 0.3 is 11.9 Å². The Kier molecular flexibility index (Phi) is 3.81. The smallest absolute Gasteiger partial charge is 0.342 e. The van der Waals surface area contributed by atoms with Crippen LogP contribution in [0, 0.1) is 0 Å². The molecule has 3 N–H and O–H groups in total. The molecular formula is C11H13ClN2O4. The van der Waals surface area contributed by atoms with Crippen molar-refractivity contribution in [1.82, 2.24) is 4.98 Å². The molecule has 1 aromatic rings. The number of anilines is 1. The van der Waals surface area contributed by atoms with Gasteiger partial charge in [0.05, 0.1) is 5.56 Å². The van der Waals surface area contributed by atoms with Crippen molar-refractivity contribution < 1.29 is 19.4 Å². The van der Waals surface area contributed by atoms with Crippen LogP contribution in [0.25, 0.3) is 0 Å². The van der Waals surface area contributed by atoms with E-state index in [1.807, 2.05) is 0 Å². The first-order valence-electron chi connectivity index (χ1n) is 5.04. The standard InChI is InChI=1S/C11H13ClN2O4/c1-11(2,3)18-10(17)6-4-5(9(15)16)7(12)14-8(6)13/h4H,1-3H3,(H2,13,14)(H,15,16). The SMILES string of the molecule is CC(C)(C)OC(=O)c1cc(C(=O)O)c(Cl)nc1N. The van der Waals surface area contributed by atoms with Crippen molar-refractivity contribution in [3.8, 4) is 0 Å². The third-order valence-electron chi connectivity index (χ3n) is 1.85. The van der Waals surface area contributed by atoms with E-state index in [1.165, 1.54) is 0 Å². The van der Waals surface area contributed by atoms with Gasteiger partial charge in [0, 0.05) is 0 Å². The van der Waals surface area contributed by atoms with E-state index >= 15 is 0 Å². The van der Waals surface area contributed by atoms with Gasteiger partial charge in [-0.15, -0.1) is 0 Å². The number of hydrogen-bond acceptors (Lipinski definition) is 5. The number of aromatic carboxylic acids is 1. The molecule has 0 radical (unpaired) electrons. The highest BCUT2D eigenvalue weighted by Crippen LogP contribution is 2.22. The van der Waals surface area contributed by atoms with Gasteiger partial charge in [0.1, 0.15) is 22.1 Å². The van der Waals surface area contributed by atoms with Gasteiger partial charge in [0.25, 0.3) is 0 Å². The van der Waals surface area contributed by atoms with Crippen LogP contribution in [-0.4, -0.2) is 27.6 Å². The number of carbonyl (C=O) groups excluding carboxylic acids is 1. The molecule has 0 saturated carbocycles. The normalized spacial score (nSPS) is 11.1. The lowest BCUT2D eigenvalue weighted by molar-refractivity contribution is 0.00704. The third-order valence-corrected chi connectivity index (χ3v) is 2.14. The summed E-state index contributed by atoms with van der Waals surface area (Å²) in [4.78, 5) is 26.3. The summed E-state index contributed by atoms with van der Waals surface area (Å²) >= 11 is 5.61. The molecule has 0 saturated heterocycles. The summed E-state index contributed by atoms with van der Waals surface area (Å²) in [7, 11) is 0. The van der Waals surface area contributed by atoms with Gasteiger partial charge in [-0.1, -0.05) is 11.6 Å². The highest BCUT2D eigenvalue weighted by atomic mass is 35.5. The number of hydrogen-bond donors (Lipinski definition) is 2. The lowest BCUT2D eigenvalue weighted by Crippen LogP contribution is -2.25. The molecule has 7 heteroatoms. The van der Waals surface area contributed by atoms with E-state index in [0.29, 0.717) is 0 Å². The Morgan fingerprint density at radius 2 is 1.94 bits per heavy atom. The van der Waals surface area contributed by atoms with Gasteiger partial charge in [-0.25, -0.2) is 14.6 Å². The first-order chi connectivity index (χ1) is 8.11. The zero-order chi connectivity index (χ0) is 14.1. The van der Waals surface area contributed by atoms with Crippen molar-refractivity contribution >= 4 is 29.4 Å². The highest BCUT2D eigenvalue weighted by molar-refractivity contribution is 6.32. The lowest BCUT2D eigenvalue weighted by atomic mass is 10.1. The van der Waals surface area contributed by atoms with E-state index < -0.39 is 17.5 Å². The summed E-state index contributed by atoms with van der Waals surface area (Å²) in [6.07, 6.45) is 0. The van der Waals surface area contributed by atoms with Gasteiger partial charge in [-0.3, -0.25) is 0 Å². The Hall–Kier alpha value is -1.82. The van der Waals surface area contributed by atoms with Crippen molar-refractivity contribution in [3.63, 3.8) is 0 Å². The van der Waals surface area contributed by atoms with Crippen LogP contribution in [0.2, 0.25) is 5.15 Å². The van der Waals surface area contributed by atoms with E-state index in [1.54, 1.807) is 20.8 Å². The van der Waals surface area contributed by atoms with E-state index in [2.05, 4.69) is 4.98 Å². The van der Waals surface area contributed by atoms with Gasteiger partial charge in [-0.05, 0) is 26.8 Å². The molecule has 98 valence electrons. The number of nitrogen functional groups attached to an aromatic ring is 1. The topological polar surface area (TPSA) is 103 Å². The summed E-state index contributed by atoms with van der Waals surface area (Å²) in [5, 5.41) is 8.61. The van der Waals surface area contributed by atoms with Crippen molar-refractivity contribution in [2.75, 3.05) is 5.73 Å². The Labute approximate surface area is 109 Å². The number of carboxylic acid groups (broad SMARTS) is 1. The third kappa shape index (κ3) is 3.33. The number of nitrogens with two attached hydrogens (primary N) is 1. The Morgan fingerprint density at radius 3 is 2.39 bits per heavy atom. The summed E-state index contributed by atoms with van der Waals surface area (Å²) in [5.41, 5.74) is 4.39. The second-order valence-corrected chi connectivity index (χ2v) is 4.92. The van der Waals surface area contributed by atoms with Crippen molar-refractivity contribution in [2.24, 2.45) is 0 Å². The van der Waals surface area contributed by atoms with Crippen LogP contribution in [-0.2, 0) is 4.74 Å². The molecule has 6 nitrogen and oxygen atoms in total. The number of nitrogens with zero attached hydrogens (tertiary/aromatic N) is 1. The van der Waals surface area contributed by atoms with Gasteiger partial charge in [0.2, 0.25) is 0 Å². The number of aromatic nitrogens is 1. The van der Waals surface area contributed by atoms with Crippen molar-refractivity contribution in [2.45, 2.75) is 26.4 Å². The fourth-order valence-corrected chi connectivity index (χ4v) is 1.38. The van der Waals surface area contributed by atoms with Crippen molar-refractivity contribution in [3.05, 3.63) is 22.3 Å². The monoisotopic (exact) mass is 272 g/mol. The Morgan fingerprint density at radius 1 is 1.39 bits per heavy atom. The van der Waals surface area contributed by atoms with Gasteiger partial charge in [0.15, 0.2) is 0 Å². The number of rotatable bonds is 2. The predicted octanol–water partition coefficient (Wildman–Crippen LogP) is 1.97. The molecule has 0 aliphatic heterocycles. The zero-order valence-corrected chi connectivity index (χ0v) is 10.9. The van der Waals surface area contributed by atoms with Gasteiger partial charge < -0.3 is 15.6 Å². The minimum absolute atomic E-state index is 0.119. The fourth-order valence-electron chi connectivity index (χ4n) is 1.15. The number of carboxylic acids is 1. The molecule has 1 aromatic heterocycles. The van der Waals surface area contributed by atoms with Crippen molar-refractivity contribution in [1.29, 1.82) is 0 Å². The van der Waals surface area contributed by atoms with Crippen LogP contribution >= 0.6 is 11.6 Å². The van der Waals surface area contributed by atoms with Gasteiger partial charge in [-0.2, -0.15) is 0 Å². The second kappa shape index (κ2) is 4.81. The maximum Gasteiger partial charge on any atom is 0.342 e. The maximum absolute atomic E-state index is 11.8. The average molecular weight is 273 g/mol. The summed E-state index contributed by atoms with van der Waals surface area (Å²) in [5.74, 6) is -2.21. The minimum Gasteiger partial charge on any atom is -0.478 e. The molecule has 1 rings (SSSR count).